The smallest absolute Gasteiger partial charge is 0.220 e. The number of ether oxygens (including phenoxy) is 6. The standard InChI is InChI=1S/C67H121NO18/c1-3-5-7-9-11-13-15-17-19-21-23-25-27-29-31-33-35-37-39-41-43-45-55(73)68-50(51(72)44-42-40-38-36-34-32-30-28-26-24-22-20-18-16-14-12-10-8-6-4-2)49-81-65-61(79)58(76)63(53(47-70)83-65)86-67-62(80)59(77)64(54(48-71)84-67)85-66-60(78)57(75)56(74)52(46-69)82-66/h15,17,21,23,27,29,42,44,50-54,56-67,69-72,74-80H,3-14,16,18-20,22,24-26,28,30-41,43,45-49H2,1-2H3,(H,68,73)/b17-15-,23-21-,29-27-,44-42+. The van der Waals surface area contributed by atoms with Crippen LogP contribution in [-0.2, 0) is 33.2 Å². The van der Waals surface area contributed by atoms with Gasteiger partial charge in [-0.05, 0) is 57.8 Å². The lowest BCUT2D eigenvalue weighted by molar-refractivity contribution is -0.379. The van der Waals surface area contributed by atoms with E-state index in [1.54, 1.807) is 6.08 Å². The van der Waals surface area contributed by atoms with Crippen LogP contribution in [0.1, 0.15) is 239 Å². The summed E-state index contributed by atoms with van der Waals surface area (Å²) < 4.78 is 34.3. The minimum absolute atomic E-state index is 0.228. The van der Waals surface area contributed by atoms with E-state index in [0.717, 1.165) is 77.0 Å². The molecule has 0 aromatic rings. The van der Waals surface area contributed by atoms with Gasteiger partial charge in [0.25, 0.3) is 0 Å². The molecule has 19 nitrogen and oxygen atoms in total. The normalized spacial score (nSPS) is 29.1. The second-order valence-corrected chi connectivity index (χ2v) is 24.3. The first kappa shape index (κ1) is 78.0. The van der Waals surface area contributed by atoms with E-state index in [0.29, 0.717) is 6.42 Å². The van der Waals surface area contributed by atoms with Crippen molar-refractivity contribution in [1.82, 2.24) is 5.32 Å². The van der Waals surface area contributed by atoms with E-state index in [4.69, 9.17) is 28.4 Å². The molecular weight excluding hydrogens is 1110 g/mol. The van der Waals surface area contributed by atoms with Crippen molar-refractivity contribution < 1.29 is 89.4 Å². The Morgan fingerprint density at radius 2 is 0.767 bits per heavy atom. The fourth-order valence-electron chi connectivity index (χ4n) is 11.3. The maximum Gasteiger partial charge on any atom is 0.220 e. The van der Waals surface area contributed by atoms with Crippen molar-refractivity contribution in [3.05, 3.63) is 48.6 Å². The van der Waals surface area contributed by atoms with Crippen molar-refractivity contribution in [1.29, 1.82) is 0 Å². The molecule has 0 aromatic heterocycles. The van der Waals surface area contributed by atoms with Gasteiger partial charge in [-0.15, -0.1) is 0 Å². The molecule has 0 saturated carbocycles. The lowest BCUT2D eigenvalue weighted by atomic mass is 9.96. The monoisotopic (exact) mass is 1230 g/mol. The van der Waals surface area contributed by atoms with Crippen molar-refractivity contribution in [2.45, 2.75) is 343 Å². The van der Waals surface area contributed by atoms with Gasteiger partial charge in [0, 0.05) is 6.42 Å². The van der Waals surface area contributed by atoms with Crippen molar-refractivity contribution >= 4 is 5.91 Å². The molecule has 0 bridgehead atoms. The van der Waals surface area contributed by atoms with Gasteiger partial charge in [0.15, 0.2) is 18.9 Å². The minimum atomic E-state index is -1.98. The van der Waals surface area contributed by atoms with Crippen LogP contribution in [0, 0.1) is 0 Å². The molecule has 86 heavy (non-hydrogen) atoms. The Labute approximate surface area is 516 Å². The molecule has 3 heterocycles. The molecule has 12 N–H and O–H groups in total. The van der Waals surface area contributed by atoms with Crippen LogP contribution in [0.2, 0.25) is 0 Å². The van der Waals surface area contributed by atoms with Gasteiger partial charge in [-0.3, -0.25) is 4.79 Å². The van der Waals surface area contributed by atoms with Crippen molar-refractivity contribution in [2.75, 3.05) is 26.4 Å². The summed E-state index contributed by atoms with van der Waals surface area (Å²) in [5, 5.41) is 120. The summed E-state index contributed by atoms with van der Waals surface area (Å²) in [6.45, 7) is 1.72. The molecule has 0 spiro atoms. The highest BCUT2D eigenvalue weighted by Crippen LogP contribution is 2.33. The van der Waals surface area contributed by atoms with Crippen LogP contribution >= 0.6 is 0 Å². The van der Waals surface area contributed by atoms with E-state index in [-0.39, 0.29) is 18.9 Å². The molecule has 3 saturated heterocycles. The number of unbranched alkanes of at least 4 members (excludes halogenated alkanes) is 29. The molecule has 3 rings (SSSR count). The summed E-state index contributed by atoms with van der Waals surface area (Å²) in [6.07, 6.45) is 30.7. The summed E-state index contributed by atoms with van der Waals surface area (Å²) in [5.74, 6) is -0.287. The number of nitrogens with one attached hydrogen (secondary N) is 1. The fraction of sp³-hybridized carbons (Fsp3) is 0.866. The van der Waals surface area contributed by atoms with Gasteiger partial charge in [-0.2, -0.15) is 0 Å². The Morgan fingerprint density at radius 3 is 1.20 bits per heavy atom. The number of carbonyl (C=O) groups excluding carboxylic acids is 1. The van der Waals surface area contributed by atoms with E-state index in [1.807, 2.05) is 6.08 Å². The highest BCUT2D eigenvalue weighted by atomic mass is 16.8. The SMILES string of the molecule is CCCCCCC/C=C\C/C=C\C/C=C\CCCCCCCCC(=O)NC(COC1OC(CO)C(OC2OC(CO)C(OC3OC(CO)C(O)C(O)C3O)C(O)C2O)C(O)C1O)C(O)/C=C/CCCCCCCCCCCCCCCCCCCC. The molecule has 17 unspecified atom stereocenters. The van der Waals surface area contributed by atoms with Crippen LogP contribution in [0.4, 0.5) is 0 Å². The first-order valence-electron chi connectivity index (χ1n) is 33.9. The maximum atomic E-state index is 13.4. The number of allylic oxidation sites excluding steroid dienone is 7. The van der Waals surface area contributed by atoms with Gasteiger partial charge in [0.2, 0.25) is 5.91 Å². The van der Waals surface area contributed by atoms with E-state index in [9.17, 15) is 61.0 Å². The molecule has 17 atom stereocenters. The minimum Gasteiger partial charge on any atom is -0.394 e. The van der Waals surface area contributed by atoms with Crippen molar-refractivity contribution in [3.8, 4) is 0 Å². The van der Waals surface area contributed by atoms with E-state index < -0.39 is 124 Å². The highest BCUT2D eigenvalue weighted by molar-refractivity contribution is 5.76. The first-order chi connectivity index (χ1) is 41.8. The summed E-state index contributed by atoms with van der Waals surface area (Å²) in [7, 11) is 0. The number of carbonyl (C=O) groups is 1. The lowest BCUT2D eigenvalue weighted by Gasteiger charge is -2.48. The highest BCUT2D eigenvalue weighted by Gasteiger charge is 2.53. The lowest BCUT2D eigenvalue weighted by Crippen LogP contribution is -2.66. The predicted molar refractivity (Wildman–Crippen MR) is 332 cm³/mol. The summed E-state index contributed by atoms with van der Waals surface area (Å²) in [4.78, 5) is 13.4. The van der Waals surface area contributed by atoms with Crippen molar-refractivity contribution in [2.24, 2.45) is 0 Å². The first-order valence-corrected chi connectivity index (χ1v) is 33.9. The zero-order valence-electron chi connectivity index (χ0n) is 52.8. The number of hydrogen-bond donors (Lipinski definition) is 12. The molecule has 1 amide bonds. The van der Waals surface area contributed by atoms with Crippen LogP contribution in [0.15, 0.2) is 48.6 Å². The quantitative estimate of drug-likeness (QED) is 0.0202. The second kappa shape index (κ2) is 49.5. The Balaban J connectivity index is 1.47. The zero-order chi connectivity index (χ0) is 62.6. The molecular formula is C67H121NO18. The average molecular weight is 1230 g/mol. The molecule has 0 aromatic carbocycles. The van der Waals surface area contributed by atoms with Gasteiger partial charge in [-0.25, -0.2) is 0 Å². The molecule has 502 valence electrons. The second-order valence-electron chi connectivity index (χ2n) is 24.3. The van der Waals surface area contributed by atoms with Crippen LogP contribution in [-0.4, -0.2) is 193 Å². The number of rotatable bonds is 51. The fourth-order valence-corrected chi connectivity index (χ4v) is 11.3. The molecule has 0 radical (unpaired) electrons. The molecule has 3 aliphatic heterocycles. The molecule has 3 aliphatic rings. The largest absolute Gasteiger partial charge is 0.394 e. The van der Waals surface area contributed by atoms with Gasteiger partial charge in [0.1, 0.15) is 73.2 Å². The maximum absolute atomic E-state index is 13.4. The molecule has 0 aliphatic carbocycles. The van der Waals surface area contributed by atoms with Gasteiger partial charge in [0.05, 0.1) is 38.6 Å². The number of aliphatic hydroxyl groups is 11. The van der Waals surface area contributed by atoms with Crippen LogP contribution in [0.3, 0.4) is 0 Å². The summed E-state index contributed by atoms with van der Waals surface area (Å²) in [6, 6.07) is -0.982. The van der Waals surface area contributed by atoms with Gasteiger partial charge >= 0.3 is 0 Å². The average Bonchev–Trinajstić information content (AvgIpc) is 2.21. The third-order valence-corrected chi connectivity index (χ3v) is 16.9. The number of amides is 1. The van der Waals surface area contributed by atoms with Gasteiger partial charge < -0.3 is 89.9 Å². The molecule has 19 heteroatoms. The van der Waals surface area contributed by atoms with E-state index >= 15 is 0 Å². The molecule has 3 fully saturated rings. The Bertz CT molecular complexity index is 1750. The third kappa shape index (κ3) is 31.7. The number of hydrogen-bond acceptors (Lipinski definition) is 18. The Hall–Kier alpha value is -2.25. The van der Waals surface area contributed by atoms with Crippen molar-refractivity contribution in [3.63, 3.8) is 0 Å². The zero-order valence-corrected chi connectivity index (χ0v) is 52.8. The topological polar surface area (TPSA) is 307 Å². The van der Waals surface area contributed by atoms with E-state index in [2.05, 4.69) is 55.6 Å². The summed E-state index contributed by atoms with van der Waals surface area (Å²) in [5.41, 5.74) is 0. The van der Waals surface area contributed by atoms with Gasteiger partial charge in [-0.1, -0.05) is 223 Å². The van der Waals surface area contributed by atoms with E-state index in [1.165, 1.54) is 135 Å². The summed E-state index contributed by atoms with van der Waals surface area (Å²) >= 11 is 0. The van der Waals surface area contributed by atoms with Crippen LogP contribution in [0.25, 0.3) is 0 Å². The predicted octanol–water partition coefficient (Wildman–Crippen LogP) is 8.22. The van der Waals surface area contributed by atoms with Crippen LogP contribution in [0.5, 0.6) is 0 Å². The Morgan fingerprint density at radius 1 is 0.419 bits per heavy atom. The Kier molecular flexibility index (Phi) is 44.8. The number of aliphatic hydroxyl groups excluding tert-OH is 11. The van der Waals surface area contributed by atoms with Crippen LogP contribution < -0.4 is 5.32 Å². The third-order valence-electron chi connectivity index (χ3n) is 16.9.